The number of hydrogen-bond acceptors (Lipinski definition) is 29. The highest BCUT2D eigenvalue weighted by Gasteiger charge is 2.54. The number of aliphatic hydroxyl groups excluding tert-OH is 6. The van der Waals surface area contributed by atoms with Gasteiger partial charge in [-0.1, -0.05) is 76.0 Å². The molecule has 0 spiro atoms. The maximum atomic E-state index is 17.0. The number of rotatable bonds is 28. The van der Waals surface area contributed by atoms with Gasteiger partial charge in [0.2, 0.25) is 41.6 Å². The Kier molecular flexibility index (Phi) is 32.2. The van der Waals surface area contributed by atoms with Crippen LogP contribution >= 0.6 is 23.2 Å². The van der Waals surface area contributed by atoms with Gasteiger partial charge in [0.15, 0.2) is 41.2 Å². The van der Waals surface area contributed by atoms with Crippen molar-refractivity contribution in [2.75, 3.05) is 51.3 Å². The zero-order valence-electron chi connectivity index (χ0n) is 75.7. The summed E-state index contributed by atoms with van der Waals surface area (Å²) in [7, 11) is 0. The van der Waals surface area contributed by atoms with Crippen LogP contribution in [0, 0.1) is 47.3 Å². The number of ketones is 3. The molecule has 19 N–H and O–H groups in total. The molecule has 0 radical (unpaired) electrons. The summed E-state index contributed by atoms with van der Waals surface area (Å²) in [6.45, 7) is 14.2. The summed E-state index contributed by atoms with van der Waals surface area (Å²) in [6.07, 6.45) is -14.2. The van der Waals surface area contributed by atoms with Crippen molar-refractivity contribution in [1.29, 1.82) is 0 Å². The Bertz CT molecular complexity index is 5310. The van der Waals surface area contributed by atoms with Gasteiger partial charge in [-0.2, -0.15) is 0 Å². The fourth-order valence-corrected chi connectivity index (χ4v) is 20.7. The van der Waals surface area contributed by atoms with Gasteiger partial charge in [-0.25, -0.2) is 4.79 Å². The second-order valence-corrected chi connectivity index (χ2v) is 38.2. The molecular weight excluding hydrogens is 1780 g/mol. The van der Waals surface area contributed by atoms with Gasteiger partial charge in [0, 0.05) is 79.9 Å². The summed E-state index contributed by atoms with van der Waals surface area (Å²) in [6, 6.07) is 10.5. The number of anilines is 1. The number of phenolic OH excluding ortho intramolecular Hbond substituents is 3. The van der Waals surface area contributed by atoms with Crippen LogP contribution in [-0.2, 0) is 52.6 Å². The van der Waals surface area contributed by atoms with E-state index >= 15 is 33.6 Å². The molecule has 7 heterocycles. The number of aliphatic hydroxyl groups is 6. The van der Waals surface area contributed by atoms with E-state index in [1.807, 2.05) is 27.7 Å². The highest BCUT2D eigenvalue weighted by Crippen LogP contribution is 2.59. The molecule has 15 bridgehead atoms. The summed E-state index contributed by atoms with van der Waals surface area (Å²) < 4.78 is 51.6. The monoisotopic (exact) mass is 1900 g/mol. The second-order valence-electron chi connectivity index (χ2n) is 37.4. The number of carbonyl (C=O) groups is 9. The molecule has 35 nitrogen and oxygen atoms in total. The van der Waals surface area contributed by atoms with E-state index < -0.39 is 228 Å². The minimum atomic E-state index is -2.29. The molecule has 0 aromatic heterocycles. The molecule has 4 saturated carbocycles. The number of Topliss-reactive ketones (excluding diaryl/α,β-unsaturated/α-hetero) is 3. The Morgan fingerprint density at radius 3 is 1.92 bits per heavy atom. The average Bonchev–Trinajstić information content (AvgIpc) is 0.760. The van der Waals surface area contributed by atoms with E-state index in [2.05, 4.69) is 42.5 Å². The number of urea groups is 1. The van der Waals surface area contributed by atoms with Crippen LogP contribution in [0.5, 0.6) is 57.5 Å². The molecule has 6 fully saturated rings. The van der Waals surface area contributed by atoms with Crippen LogP contribution in [0.2, 0.25) is 10.0 Å². The molecular formula is C97H121Cl2N9O26. The number of nitrogens with two attached hydrogens (primary N) is 1. The van der Waals surface area contributed by atoms with Gasteiger partial charge in [0.25, 0.3) is 0 Å². The fourth-order valence-electron chi connectivity index (χ4n) is 20.2. The molecule has 17 rings (SSSR count). The minimum absolute atomic E-state index is 0.0292. The number of benzene rings is 6. The first-order chi connectivity index (χ1) is 64.0. The largest absolute Gasteiger partial charge is 0.508 e. The number of carbonyl (C=O) groups excluding carboxylic acids is 9. The van der Waals surface area contributed by atoms with Crippen molar-refractivity contribution < 1.29 is 127 Å². The van der Waals surface area contributed by atoms with E-state index in [0.29, 0.717) is 43.6 Å². The van der Waals surface area contributed by atoms with Gasteiger partial charge in [0.1, 0.15) is 108 Å². The number of phenols is 3. The van der Waals surface area contributed by atoms with Gasteiger partial charge in [-0.05, 0) is 215 Å². The Morgan fingerprint density at radius 2 is 1.30 bits per heavy atom. The lowest BCUT2D eigenvalue weighted by Gasteiger charge is -2.54. The highest BCUT2D eigenvalue weighted by atomic mass is 35.5. The standard InChI is InChI=1S/C97H121Cl2N9O26/c1-8-19-101-21-23-127-58-14-18-73(128-24-22-102-20-9-2)65(40-58)103-96(126)104-77(116)37-56-34-68(113)82(107-91(122)49(10-3)25-45(4)5)84(117)51-12-16-71(63(98)32-51)130-74-35-55-36-75(88(74)134-95-89(87(120)86(119)76(44-109)132-95)133-78-43-97(7,100)90(121)46(6)129-78)131-72-17-13-52(33-64(72)99)85(118)83-94(125)106-81(70(115)41-59-53-27-47-26-48(29-53)30-54(59)28-47)62-38-57(110)39-67(112)79(62)61-31-50(11-15-66(61)111)60(93(124)108-83)42-69(114)80(55)105-92(56)123/h11-18,31-33,35-36,38-40,45-49,53-54,56,59-60,76,78,80-87,89-90,95,101-102,109-112,117-121H,8-10,19-30,34,37,41-44,100H2,1-7H3,(H,105,123)(H,106,125)(H,107,122)(H,108,124)(H2,103,104,116,126)/t46-,47?,48?,49+,53?,54?,56-,59?,60+,76+,78-,80+,81-,82-,83-,84+,85+,86+,87-,89+,90+,95-,97-/m0/s1. The molecule has 7 amide bonds. The number of amides is 7. The van der Waals surface area contributed by atoms with Crippen molar-refractivity contribution >= 4 is 81.8 Å². The summed E-state index contributed by atoms with van der Waals surface area (Å²) in [5, 5.41) is 129. The Morgan fingerprint density at radius 1 is 0.657 bits per heavy atom. The van der Waals surface area contributed by atoms with Gasteiger partial charge in [0.05, 0.1) is 46.4 Å². The van der Waals surface area contributed by atoms with Crippen LogP contribution in [0.4, 0.5) is 10.5 Å². The fraction of sp³-hybridized carbons (Fsp3) is 0.536. The first kappa shape index (κ1) is 99.6. The van der Waals surface area contributed by atoms with Crippen molar-refractivity contribution in [2.24, 2.45) is 53.1 Å². The third-order valence-corrected chi connectivity index (χ3v) is 27.5. The maximum Gasteiger partial charge on any atom is 0.325 e. The molecule has 37 heteroatoms. The predicted molar refractivity (Wildman–Crippen MR) is 487 cm³/mol. The van der Waals surface area contributed by atoms with Crippen molar-refractivity contribution in [3.63, 3.8) is 0 Å². The zero-order chi connectivity index (χ0) is 96.0. The Labute approximate surface area is 785 Å². The highest BCUT2D eigenvalue weighted by molar-refractivity contribution is 6.32. The van der Waals surface area contributed by atoms with Gasteiger partial charge in [-0.3, -0.25) is 43.7 Å². The number of nitrogens with one attached hydrogen (secondary N) is 8. The van der Waals surface area contributed by atoms with Crippen LogP contribution in [0.1, 0.15) is 196 Å². The molecule has 11 aliphatic rings. The van der Waals surface area contributed by atoms with Crippen LogP contribution in [0.3, 0.4) is 0 Å². The van der Waals surface area contributed by atoms with Gasteiger partial charge < -0.3 is 127 Å². The molecule has 7 aliphatic heterocycles. The molecule has 134 heavy (non-hydrogen) atoms. The quantitative estimate of drug-likeness (QED) is 0.0203. The Balaban J connectivity index is 0.946. The minimum Gasteiger partial charge on any atom is -0.508 e. The van der Waals surface area contributed by atoms with Crippen LogP contribution in [0.25, 0.3) is 11.1 Å². The van der Waals surface area contributed by atoms with Crippen LogP contribution in [-0.4, -0.2) is 212 Å². The number of imide groups is 1. The first-order valence-electron chi connectivity index (χ1n) is 46.1. The SMILES string of the molecule is CCCNCCOc1ccc(OCCNCCC)c(NC(=O)NC(=O)C[C@@H]2CC(=O)[C@H](NC(=O)[C@H](CC)CC(C)C)[C@H](O)c3ccc(c(Cl)c3)Oc3cc4cc(c3O[C@@H]3O[C@H](CO)[C@@H](O)[C@H](O)[C@H]3O[C@H]3C[C@](C)(N)[C@H](O)[C@H](C)O3)Oc3ccc(cc3Cl)[C@@H](O)[C@@H]3NC(=O)[C@H](CC(=O)[C@@H]4NC2=O)c2ccc(O)c(c2)-c2c(O)cc(O)cc2[C@@H](C(=O)CC2C4CC5CC(C4)CC2C5)NC3=O)c1. The normalized spacial score (nSPS) is 29.2. The average molecular weight is 1900 g/mol. The van der Waals surface area contributed by atoms with E-state index in [1.165, 1.54) is 68.4 Å². The molecule has 0 unspecified atom stereocenters. The van der Waals surface area contributed by atoms with Crippen LogP contribution in [0.15, 0.2) is 97.1 Å². The number of hydrogen-bond donors (Lipinski definition) is 18. The smallest absolute Gasteiger partial charge is 0.325 e. The number of halogens is 2. The second kappa shape index (κ2) is 43.3. The number of aromatic hydroxyl groups is 3. The summed E-state index contributed by atoms with van der Waals surface area (Å²) >= 11 is 14.7. The van der Waals surface area contributed by atoms with E-state index in [9.17, 15) is 55.5 Å². The molecule has 6 aromatic carbocycles. The third-order valence-electron chi connectivity index (χ3n) is 26.9. The van der Waals surface area contributed by atoms with Crippen molar-refractivity contribution in [3.05, 3.63) is 135 Å². The topological polar surface area (TPSA) is 532 Å². The Hall–Kier alpha value is -10.4. The van der Waals surface area contributed by atoms with E-state index in [-0.39, 0.29) is 123 Å². The van der Waals surface area contributed by atoms with E-state index in [1.54, 1.807) is 19.1 Å². The number of fused-ring (bicyclic) bond motifs is 15. The molecule has 18 atom stereocenters. The lowest BCUT2D eigenvalue weighted by atomic mass is 9.51. The van der Waals surface area contributed by atoms with Gasteiger partial charge >= 0.3 is 6.03 Å². The number of ether oxygens (including phenoxy) is 8. The summed E-state index contributed by atoms with van der Waals surface area (Å²) in [5.74, 6) is -16.2. The van der Waals surface area contributed by atoms with Gasteiger partial charge in [-0.15, -0.1) is 0 Å². The van der Waals surface area contributed by atoms with Crippen LogP contribution < -0.4 is 72.0 Å². The first-order valence-corrected chi connectivity index (χ1v) is 46.9. The van der Waals surface area contributed by atoms with Crippen molar-refractivity contribution in [3.8, 4) is 68.6 Å². The third kappa shape index (κ3) is 22.8. The molecule has 2 saturated heterocycles. The zero-order valence-corrected chi connectivity index (χ0v) is 77.2. The lowest BCUT2D eigenvalue weighted by molar-refractivity contribution is -0.333. The predicted octanol–water partition coefficient (Wildman–Crippen LogP) is 9.09. The molecule has 6 aromatic rings. The van der Waals surface area contributed by atoms with E-state index in [4.69, 9.17) is 66.8 Å². The summed E-state index contributed by atoms with van der Waals surface area (Å²) in [4.78, 5) is 142. The van der Waals surface area contributed by atoms with E-state index in [0.717, 1.165) is 81.8 Å². The summed E-state index contributed by atoms with van der Waals surface area (Å²) in [5.41, 5.74) is 3.52. The molecule has 4 aliphatic carbocycles. The maximum absolute atomic E-state index is 17.0. The van der Waals surface area contributed by atoms with Crippen molar-refractivity contribution in [2.45, 2.75) is 235 Å². The van der Waals surface area contributed by atoms with Crippen molar-refractivity contribution in [1.82, 2.24) is 37.2 Å². The lowest BCUT2D eigenvalue weighted by Crippen LogP contribution is -2.64. The molecule has 724 valence electrons.